The van der Waals surface area contributed by atoms with Crippen LogP contribution in [0, 0.1) is 22.9 Å². The lowest BCUT2D eigenvalue weighted by molar-refractivity contribution is -0.385. The summed E-state index contributed by atoms with van der Waals surface area (Å²) in [6.45, 7) is 0.718. The maximum absolute atomic E-state index is 13.6. The first kappa shape index (κ1) is 24.9. The minimum atomic E-state index is -4.52. The van der Waals surface area contributed by atoms with Gasteiger partial charge in [0.25, 0.3) is 15.7 Å². The molecule has 0 bridgehead atoms. The minimum absolute atomic E-state index is 0.0624. The second kappa shape index (κ2) is 10.1. The number of carbonyl (C=O) groups excluding carboxylic acids is 1. The second-order valence-corrected chi connectivity index (χ2v) is 9.39. The molecular weight excluding hydrogens is 489 g/mol. The van der Waals surface area contributed by atoms with E-state index in [9.17, 15) is 27.7 Å². The Hall–Kier alpha value is -3.70. The van der Waals surface area contributed by atoms with Gasteiger partial charge in [-0.1, -0.05) is 23.7 Å². The highest BCUT2D eigenvalue weighted by molar-refractivity contribution is 7.92. The average Bonchev–Trinajstić information content (AvgIpc) is 2.77. The predicted molar refractivity (Wildman–Crippen MR) is 125 cm³/mol. The Balaban J connectivity index is 2.10. The van der Waals surface area contributed by atoms with Gasteiger partial charge in [-0.2, -0.15) is 0 Å². The summed E-state index contributed by atoms with van der Waals surface area (Å²) >= 11 is 6.08. The Morgan fingerprint density at radius 3 is 2.56 bits per heavy atom. The number of nitro groups is 1. The Labute approximate surface area is 199 Å². The number of nitrogens with one attached hydrogen (secondary N) is 1. The molecule has 3 aromatic rings. The molecule has 9 nitrogen and oxygen atoms in total. The van der Waals surface area contributed by atoms with Crippen molar-refractivity contribution in [3.8, 4) is 5.75 Å². The molecule has 1 amide bonds. The summed E-state index contributed by atoms with van der Waals surface area (Å²) in [6, 6.07) is 12.7. The van der Waals surface area contributed by atoms with E-state index in [4.69, 9.17) is 16.3 Å². The van der Waals surface area contributed by atoms with Crippen LogP contribution >= 0.6 is 11.6 Å². The molecule has 1 N–H and O–H groups in total. The van der Waals surface area contributed by atoms with Crippen molar-refractivity contribution in [1.82, 2.24) is 0 Å². The van der Waals surface area contributed by atoms with Gasteiger partial charge < -0.3 is 10.1 Å². The van der Waals surface area contributed by atoms with E-state index in [0.29, 0.717) is 0 Å². The van der Waals surface area contributed by atoms with Crippen molar-refractivity contribution in [2.24, 2.45) is 0 Å². The molecule has 3 rings (SSSR count). The topological polar surface area (TPSA) is 119 Å². The van der Waals surface area contributed by atoms with Crippen LogP contribution in [0.2, 0.25) is 5.02 Å². The van der Waals surface area contributed by atoms with Crippen LogP contribution in [-0.2, 0) is 14.8 Å². The molecule has 0 aliphatic heterocycles. The Morgan fingerprint density at radius 1 is 1.18 bits per heavy atom. The number of halogens is 2. The van der Waals surface area contributed by atoms with E-state index in [1.165, 1.54) is 62.6 Å². The summed E-state index contributed by atoms with van der Waals surface area (Å²) in [7, 11) is -3.21. The van der Waals surface area contributed by atoms with Gasteiger partial charge in [0.2, 0.25) is 5.91 Å². The Bertz CT molecular complexity index is 1370. The fourth-order valence-electron chi connectivity index (χ4n) is 3.13. The maximum atomic E-state index is 13.6. The summed E-state index contributed by atoms with van der Waals surface area (Å²) < 4.78 is 46.7. The third kappa shape index (κ3) is 5.43. The molecule has 0 fully saturated rings. The minimum Gasteiger partial charge on any atom is -0.495 e. The van der Waals surface area contributed by atoms with Gasteiger partial charge in [0.1, 0.15) is 18.1 Å². The zero-order valence-electron chi connectivity index (χ0n) is 18.0. The number of hydrogen-bond acceptors (Lipinski definition) is 6. The normalized spacial score (nSPS) is 11.1. The predicted octanol–water partition coefficient (Wildman–Crippen LogP) is 4.54. The lowest BCUT2D eigenvalue weighted by Crippen LogP contribution is -2.38. The SMILES string of the molecule is COc1ccc(Cl)cc1N(CC(=O)Nc1cccc(F)c1)S(=O)(=O)c1ccc(C)c([N+](=O)[O-])c1. The number of hydrogen-bond donors (Lipinski definition) is 1. The van der Waals surface area contributed by atoms with Crippen molar-refractivity contribution in [2.45, 2.75) is 11.8 Å². The number of nitrogens with zero attached hydrogens (tertiary/aromatic N) is 2. The molecule has 3 aromatic carbocycles. The van der Waals surface area contributed by atoms with Crippen molar-refractivity contribution in [1.29, 1.82) is 0 Å². The van der Waals surface area contributed by atoms with E-state index < -0.39 is 43.8 Å². The van der Waals surface area contributed by atoms with Gasteiger partial charge in [0, 0.05) is 22.3 Å². The number of anilines is 2. The maximum Gasteiger partial charge on any atom is 0.273 e. The highest BCUT2D eigenvalue weighted by atomic mass is 35.5. The number of ether oxygens (including phenoxy) is 1. The molecule has 12 heteroatoms. The summed E-state index contributed by atoms with van der Waals surface area (Å²) in [5.41, 5.74) is -0.0815. The summed E-state index contributed by atoms with van der Waals surface area (Å²) in [5.74, 6) is -1.29. The van der Waals surface area contributed by atoms with Crippen molar-refractivity contribution in [3.63, 3.8) is 0 Å². The third-order valence-corrected chi connectivity index (χ3v) is 6.76. The largest absolute Gasteiger partial charge is 0.495 e. The Kier molecular flexibility index (Phi) is 7.38. The summed E-state index contributed by atoms with van der Waals surface area (Å²) in [5, 5.41) is 14.0. The van der Waals surface area contributed by atoms with Crippen molar-refractivity contribution in [3.05, 3.63) is 87.2 Å². The molecule has 0 aliphatic carbocycles. The van der Waals surface area contributed by atoms with Crippen LogP contribution in [0.4, 0.5) is 21.5 Å². The van der Waals surface area contributed by atoms with E-state index in [1.807, 2.05) is 0 Å². The van der Waals surface area contributed by atoms with E-state index in [-0.39, 0.29) is 27.7 Å². The van der Waals surface area contributed by atoms with Gasteiger partial charge in [-0.15, -0.1) is 0 Å². The van der Waals surface area contributed by atoms with E-state index in [1.54, 1.807) is 0 Å². The van der Waals surface area contributed by atoms with E-state index >= 15 is 0 Å². The van der Waals surface area contributed by atoms with Crippen LogP contribution in [0.5, 0.6) is 5.75 Å². The van der Waals surface area contributed by atoms with Crippen molar-refractivity contribution in [2.75, 3.05) is 23.3 Å². The van der Waals surface area contributed by atoms with Gasteiger partial charge in [0.05, 0.1) is 22.6 Å². The van der Waals surface area contributed by atoms with Crippen LogP contribution in [-0.4, -0.2) is 32.9 Å². The van der Waals surface area contributed by atoms with Crippen LogP contribution in [0.3, 0.4) is 0 Å². The molecule has 0 aliphatic rings. The fourth-order valence-corrected chi connectivity index (χ4v) is 4.74. The van der Waals surface area contributed by atoms with Crippen LogP contribution in [0.15, 0.2) is 65.6 Å². The van der Waals surface area contributed by atoms with E-state index in [2.05, 4.69) is 5.32 Å². The van der Waals surface area contributed by atoms with Gasteiger partial charge >= 0.3 is 0 Å². The first-order chi connectivity index (χ1) is 16.0. The molecule has 178 valence electrons. The van der Waals surface area contributed by atoms with Gasteiger partial charge in [-0.3, -0.25) is 19.2 Å². The lowest BCUT2D eigenvalue weighted by atomic mass is 10.2. The average molecular weight is 508 g/mol. The molecular formula is C22H19ClFN3O6S. The molecule has 0 saturated heterocycles. The quantitative estimate of drug-likeness (QED) is 0.353. The standard InChI is InChI=1S/C22H19ClFN3O6S/c1-14-6-8-18(12-19(14)27(29)30)34(31,32)26(20-10-15(23)7-9-21(20)33-2)13-22(28)25-17-5-3-4-16(24)11-17/h3-12H,13H2,1-2H3,(H,25,28). The zero-order valence-corrected chi connectivity index (χ0v) is 19.6. The van der Waals surface area contributed by atoms with Gasteiger partial charge in [-0.05, 0) is 49.4 Å². The molecule has 0 saturated carbocycles. The number of amides is 1. The molecule has 0 atom stereocenters. The first-order valence-electron chi connectivity index (χ1n) is 9.69. The fraction of sp³-hybridized carbons (Fsp3) is 0.136. The second-order valence-electron chi connectivity index (χ2n) is 7.09. The van der Waals surface area contributed by atoms with Crippen molar-refractivity contribution >= 4 is 44.6 Å². The molecule has 0 radical (unpaired) electrons. The number of benzene rings is 3. The Morgan fingerprint density at radius 2 is 1.91 bits per heavy atom. The molecule has 0 heterocycles. The smallest absolute Gasteiger partial charge is 0.273 e. The molecule has 34 heavy (non-hydrogen) atoms. The van der Waals surface area contributed by atoms with Crippen molar-refractivity contribution < 1.29 is 27.3 Å². The molecule has 0 spiro atoms. The monoisotopic (exact) mass is 507 g/mol. The lowest BCUT2D eigenvalue weighted by Gasteiger charge is -2.26. The summed E-state index contributed by atoms with van der Waals surface area (Å²) in [6.07, 6.45) is 0. The number of sulfonamides is 1. The van der Waals surface area contributed by atoms with E-state index in [0.717, 1.165) is 16.4 Å². The zero-order chi connectivity index (χ0) is 25.0. The number of methoxy groups -OCH3 is 1. The number of aryl methyl sites for hydroxylation is 1. The highest BCUT2D eigenvalue weighted by Gasteiger charge is 2.31. The number of rotatable bonds is 8. The third-order valence-electron chi connectivity index (χ3n) is 4.77. The number of nitro benzene ring substituents is 1. The number of carbonyl (C=O) groups is 1. The van der Waals surface area contributed by atoms with Crippen LogP contribution < -0.4 is 14.4 Å². The molecule has 0 aromatic heterocycles. The van der Waals surface area contributed by atoms with Crippen LogP contribution in [0.1, 0.15) is 5.56 Å². The first-order valence-corrected chi connectivity index (χ1v) is 11.5. The molecule has 0 unspecified atom stereocenters. The van der Waals surface area contributed by atoms with Gasteiger partial charge in [-0.25, -0.2) is 12.8 Å². The van der Waals surface area contributed by atoms with Gasteiger partial charge in [0.15, 0.2) is 0 Å². The summed E-state index contributed by atoms with van der Waals surface area (Å²) in [4.78, 5) is 23.0. The van der Waals surface area contributed by atoms with Crippen LogP contribution in [0.25, 0.3) is 0 Å². The highest BCUT2D eigenvalue weighted by Crippen LogP contribution is 2.35.